The van der Waals surface area contributed by atoms with Gasteiger partial charge in [0.05, 0.1) is 12.3 Å². The highest BCUT2D eigenvalue weighted by atomic mass is 35.5. The Morgan fingerprint density at radius 2 is 1.60 bits per heavy atom. The molecular weight excluding hydrogens is 400 g/mol. The highest BCUT2D eigenvalue weighted by Gasteiger charge is 2.25. The van der Waals surface area contributed by atoms with E-state index in [1.165, 1.54) is 5.01 Å². The van der Waals surface area contributed by atoms with Crippen LogP contribution in [0.25, 0.3) is 0 Å². The third-order valence-electron chi connectivity index (χ3n) is 5.56. The van der Waals surface area contributed by atoms with E-state index in [2.05, 4.69) is 10.0 Å². The molecule has 0 N–H and O–H groups in total. The van der Waals surface area contributed by atoms with Crippen LogP contribution >= 0.6 is 11.6 Å². The van der Waals surface area contributed by atoms with Gasteiger partial charge in [-0.2, -0.15) is 5.10 Å². The summed E-state index contributed by atoms with van der Waals surface area (Å²) in [5, 5.41) is 6.68. The molecule has 2 aliphatic rings. The first-order valence-corrected chi connectivity index (χ1v) is 10.7. The lowest BCUT2D eigenvalue weighted by atomic mass is 10.1. The van der Waals surface area contributed by atoms with E-state index in [4.69, 9.17) is 11.6 Å². The summed E-state index contributed by atoms with van der Waals surface area (Å²) < 4.78 is 0. The van der Waals surface area contributed by atoms with E-state index in [9.17, 15) is 9.59 Å². The van der Waals surface area contributed by atoms with Crippen LogP contribution in [0.3, 0.4) is 0 Å². The van der Waals surface area contributed by atoms with Gasteiger partial charge in [-0.25, -0.2) is 5.01 Å². The number of benzene rings is 2. The van der Waals surface area contributed by atoms with Gasteiger partial charge in [-0.3, -0.25) is 9.59 Å². The minimum atomic E-state index is -0.0909. The summed E-state index contributed by atoms with van der Waals surface area (Å²) in [5.41, 5.74) is 3.04. The molecule has 0 spiro atoms. The normalized spacial score (nSPS) is 16.6. The van der Waals surface area contributed by atoms with Crippen LogP contribution < -0.4 is 4.90 Å². The summed E-state index contributed by atoms with van der Waals surface area (Å²) in [6, 6.07) is 17.7. The molecule has 0 saturated carbocycles. The summed E-state index contributed by atoms with van der Waals surface area (Å²) in [5.74, 6) is -0.0626. The van der Waals surface area contributed by atoms with E-state index >= 15 is 0 Å². The van der Waals surface area contributed by atoms with Gasteiger partial charge in [0.1, 0.15) is 0 Å². The maximum Gasteiger partial charge on any atom is 0.243 e. The Bertz CT molecular complexity index is 939. The molecule has 1 fully saturated rings. The largest absolute Gasteiger partial charge is 0.368 e. The van der Waals surface area contributed by atoms with Gasteiger partial charge in [0.25, 0.3) is 0 Å². The van der Waals surface area contributed by atoms with Crippen molar-refractivity contribution in [2.75, 3.05) is 37.6 Å². The summed E-state index contributed by atoms with van der Waals surface area (Å²) in [4.78, 5) is 29.2. The second-order valence-electron chi connectivity index (χ2n) is 7.53. The van der Waals surface area contributed by atoms with Crippen LogP contribution in [0.1, 0.15) is 24.8 Å². The molecule has 156 valence electrons. The fourth-order valence-electron chi connectivity index (χ4n) is 3.86. The number of hydrogen-bond acceptors (Lipinski definition) is 4. The Morgan fingerprint density at radius 3 is 2.33 bits per heavy atom. The van der Waals surface area contributed by atoms with Crippen LogP contribution in [-0.2, 0) is 9.59 Å². The third-order valence-corrected chi connectivity index (χ3v) is 5.79. The van der Waals surface area contributed by atoms with Crippen molar-refractivity contribution >= 4 is 34.8 Å². The Morgan fingerprint density at radius 1 is 0.867 bits per heavy atom. The predicted octanol–water partition coefficient (Wildman–Crippen LogP) is 3.41. The molecule has 0 unspecified atom stereocenters. The average Bonchev–Trinajstić information content (AvgIpc) is 3.28. The van der Waals surface area contributed by atoms with Crippen molar-refractivity contribution in [3.05, 3.63) is 65.2 Å². The lowest BCUT2D eigenvalue weighted by molar-refractivity contribution is -0.137. The average molecular weight is 425 g/mol. The van der Waals surface area contributed by atoms with Crippen molar-refractivity contribution < 1.29 is 9.59 Å². The number of piperazine rings is 1. The van der Waals surface area contributed by atoms with Crippen LogP contribution in [-0.4, -0.2) is 60.2 Å². The number of anilines is 1. The minimum absolute atomic E-state index is 0.0283. The van der Waals surface area contributed by atoms with Crippen LogP contribution in [0, 0.1) is 0 Å². The smallest absolute Gasteiger partial charge is 0.243 e. The number of hydrogen-bond donors (Lipinski definition) is 0. The first kappa shape index (κ1) is 20.4. The predicted molar refractivity (Wildman–Crippen MR) is 119 cm³/mol. The van der Waals surface area contributed by atoms with E-state index in [0.29, 0.717) is 24.7 Å². The fraction of sp³-hybridized carbons (Fsp3) is 0.348. The molecule has 2 heterocycles. The highest BCUT2D eigenvalue weighted by Crippen LogP contribution is 2.21. The summed E-state index contributed by atoms with van der Waals surface area (Å²) in [6.07, 6.45) is 1.16. The van der Waals surface area contributed by atoms with E-state index < -0.39 is 0 Å². The van der Waals surface area contributed by atoms with Gasteiger partial charge in [0.2, 0.25) is 11.8 Å². The molecule has 2 aliphatic heterocycles. The second-order valence-corrected chi connectivity index (χ2v) is 7.96. The quantitative estimate of drug-likeness (QED) is 0.739. The van der Waals surface area contributed by atoms with Gasteiger partial charge in [-0.1, -0.05) is 48.0 Å². The molecule has 0 aromatic heterocycles. The van der Waals surface area contributed by atoms with Crippen LogP contribution in [0.15, 0.2) is 59.7 Å². The van der Waals surface area contributed by atoms with E-state index in [1.807, 2.05) is 59.5 Å². The first-order valence-electron chi connectivity index (χ1n) is 10.3. The SMILES string of the molecule is O=C(CCC(=O)N1CCC(c2ccccc2)=N1)N1CCN(c2cccc(Cl)c2)CC1. The van der Waals surface area contributed by atoms with Crippen molar-refractivity contribution in [3.8, 4) is 0 Å². The van der Waals surface area contributed by atoms with Gasteiger partial charge in [-0.05, 0) is 23.8 Å². The molecular formula is C23H25ClN4O2. The van der Waals surface area contributed by atoms with E-state index in [1.54, 1.807) is 0 Å². The molecule has 4 rings (SSSR count). The molecule has 0 radical (unpaired) electrons. The van der Waals surface area contributed by atoms with Crippen LogP contribution in [0.5, 0.6) is 0 Å². The zero-order chi connectivity index (χ0) is 20.9. The monoisotopic (exact) mass is 424 g/mol. The Balaban J connectivity index is 1.24. The summed E-state index contributed by atoms with van der Waals surface area (Å²) in [6.45, 7) is 3.41. The standard InChI is InChI=1S/C23H25ClN4O2/c24-19-7-4-8-20(17-19)26-13-15-27(16-14-26)22(29)9-10-23(30)28-12-11-21(25-28)18-5-2-1-3-6-18/h1-8,17H,9-16H2. The Kier molecular flexibility index (Phi) is 6.33. The number of carbonyl (C=O) groups is 2. The summed E-state index contributed by atoms with van der Waals surface area (Å²) in [7, 11) is 0. The van der Waals surface area contributed by atoms with Crippen molar-refractivity contribution in [1.82, 2.24) is 9.91 Å². The fourth-order valence-corrected chi connectivity index (χ4v) is 4.04. The van der Waals surface area contributed by atoms with Gasteiger partial charge in [-0.15, -0.1) is 0 Å². The molecule has 30 heavy (non-hydrogen) atoms. The second kappa shape index (κ2) is 9.30. The van der Waals surface area contributed by atoms with Gasteiger partial charge in [0, 0.05) is 56.2 Å². The topological polar surface area (TPSA) is 56.2 Å². The molecule has 2 amide bonds. The Hall–Kier alpha value is -2.86. The van der Waals surface area contributed by atoms with Crippen molar-refractivity contribution in [2.24, 2.45) is 5.10 Å². The molecule has 2 aromatic carbocycles. The van der Waals surface area contributed by atoms with Crippen LogP contribution in [0.2, 0.25) is 5.02 Å². The minimum Gasteiger partial charge on any atom is -0.368 e. The number of hydrazone groups is 1. The summed E-state index contributed by atoms with van der Waals surface area (Å²) >= 11 is 6.08. The lowest BCUT2D eigenvalue weighted by Crippen LogP contribution is -2.48. The number of halogens is 1. The molecule has 0 atom stereocenters. The number of nitrogens with zero attached hydrogens (tertiary/aromatic N) is 4. The Labute approximate surface area is 181 Å². The van der Waals surface area contributed by atoms with Gasteiger partial charge >= 0.3 is 0 Å². The molecule has 1 saturated heterocycles. The molecule has 7 heteroatoms. The first-order chi connectivity index (χ1) is 14.6. The zero-order valence-electron chi connectivity index (χ0n) is 16.8. The molecule has 0 aliphatic carbocycles. The molecule has 2 aromatic rings. The van der Waals surface area contributed by atoms with Crippen molar-refractivity contribution in [1.29, 1.82) is 0 Å². The molecule has 6 nitrogen and oxygen atoms in total. The van der Waals surface area contributed by atoms with Crippen LogP contribution in [0.4, 0.5) is 5.69 Å². The maximum absolute atomic E-state index is 12.6. The van der Waals surface area contributed by atoms with E-state index in [-0.39, 0.29) is 24.7 Å². The third kappa shape index (κ3) is 4.82. The van der Waals surface area contributed by atoms with Crippen molar-refractivity contribution in [2.45, 2.75) is 19.3 Å². The van der Waals surface area contributed by atoms with Crippen molar-refractivity contribution in [3.63, 3.8) is 0 Å². The van der Waals surface area contributed by atoms with Gasteiger partial charge in [0.15, 0.2) is 0 Å². The van der Waals surface area contributed by atoms with E-state index in [0.717, 1.165) is 36.5 Å². The maximum atomic E-state index is 12.6. The number of rotatable bonds is 5. The zero-order valence-corrected chi connectivity index (χ0v) is 17.6. The number of amides is 2. The lowest BCUT2D eigenvalue weighted by Gasteiger charge is -2.36. The highest BCUT2D eigenvalue weighted by molar-refractivity contribution is 6.30. The van der Waals surface area contributed by atoms with Gasteiger partial charge < -0.3 is 9.80 Å². The molecule has 0 bridgehead atoms. The number of carbonyl (C=O) groups excluding carboxylic acids is 2.